The number of hydrogen-bond donors (Lipinski definition) is 1. The molecule has 6 nitrogen and oxygen atoms in total. The Morgan fingerprint density at radius 1 is 1.15 bits per heavy atom. The van der Waals surface area contributed by atoms with Crippen LogP contribution in [0.4, 0.5) is 0 Å². The third kappa shape index (κ3) is 4.58. The van der Waals surface area contributed by atoms with Crippen molar-refractivity contribution in [2.24, 2.45) is 0 Å². The van der Waals surface area contributed by atoms with Crippen molar-refractivity contribution < 1.29 is 21.6 Å². The van der Waals surface area contributed by atoms with Crippen molar-refractivity contribution in [2.75, 3.05) is 25.2 Å². The van der Waals surface area contributed by atoms with E-state index in [2.05, 4.69) is 12.2 Å². The number of nitrogens with one attached hydrogen (secondary N) is 1. The summed E-state index contributed by atoms with van der Waals surface area (Å²) in [5.74, 6) is 0.164. The van der Waals surface area contributed by atoms with Gasteiger partial charge in [0.2, 0.25) is 0 Å². The van der Waals surface area contributed by atoms with Gasteiger partial charge in [-0.1, -0.05) is 19.8 Å². The molecule has 0 spiro atoms. The van der Waals surface area contributed by atoms with Gasteiger partial charge in [0.15, 0.2) is 19.7 Å². The van der Waals surface area contributed by atoms with Crippen LogP contribution >= 0.6 is 0 Å². The van der Waals surface area contributed by atoms with Gasteiger partial charge in [0.05, 0.1) is 28.8 Å². The molecule has 8 heteroatoms. The van der Waals surface area contributed by atoms with Crippen molar-refractivity contribution in [3.63, 3.8) is 0 Å². The molecule has 1 saturated heterocycles. The van der Waals surface area contributed by atoms with Crippen LogP contribution in [0, 0.1) is 13.8 Å². The number of rotatable bonds is 8. The topological polar surface area (TPSA) is 89.5 Å². The van der Waals surface area contributed by atoms with E-state index in [1.807, 2.05) is 0 Å². The van der Waals surface area contributed by atoms with Gasteiger partial charge in [0, 0.05) is 6.04 Å². The Bertz CT molecular complexity index is 847. The second kappa shape index (κ2) is 8.27. The number of hydrogen-bond acceptors (Lipinski definition) is 6. The number of benzene rings is 1. The molecular formula is C18H29NO5S2. The molecule has 1 heterocycles. The fourth-order valence-corrected chi connectivity index (χ4v) is 8.45. The summed E-state index contributed by atoms with van der Waals surface area (Å²) in [5, 5.41) is 2.21. The highest BCUT2D eigenvalue weighted by atomic mass is 32.2. The lowest BCUT2D eigenvalue weighted by Gasteiger charge is -2.21. The first kappa shape index (κ1) is 21.2. The SMILES string of the molecule is CCCCCN[C@H]1CS(=O)(=O)C[C@@H]1S(=O)(=O)c1cc(C)c(OC)cc1C. The summed E-state index contributed by atoms with van der Waals surface area (Å²) in [6, 6.07) is 2.71. The van der Waals surface area contributed by atoms with Crippen LogP contribution < -0.4 is 10.1 Å². The van der Waals surface area contributed by atoms with Crippen LogP contribution in [0.5, 0.6) is 5.75 Å². The molecule has 1 aromatic carbocycles. The smallest absolute Gasteiger partial charge is 0.184 e. The van der Waals surface area contributed by atoms with Crippen molar-refractivity contribution in [1.82, 2.24) is 5.32 Å². The zero-order chi connectivity index (χ0) is 19.5. The van der Waals surface area contributed by atoms with Gasteiger partial charge in [-0.3, -0.25) is 0 Å². The van der Waals surface area contributed by atoms with Crippen LogP contribution in [0.25, 0.3) is 0 Å². The predicted octanol–water partition coefficient (Wildman–Crippen LogP) is 2.03. The van der Waals surface area contributed by atoms with E-state index in [0.29, 0.717) is 23.4 Å². The molecule has 0 unspecified atom stereocenters. The Morgan fingerprint density at radius 2 is 1.85 bits per heavy atom. The molecule has 0 amide bonds. The summed E-state index contributed by atoms with van der Waals surface area (Å²) in [4.78, 5) is 0.193. The van der Waals surface area contributed by atoms with Gasteiger partial charge < -0.3 is 10.1 Å². The quantitative estimate of drug-likeness (QED) is 0.668. The second-order valence-corrected chi connectivity index (χ2v) is 11.3. The number of aryl methyl sites for hydroxylation is 2. The minimum atomic E-state index is -3.78. The van der Waals surface area contributed by atoms with Crippen LogP contribution in [-0.2, 0) is 19.7 Å². The molecule has 2 atom stereocenters. The Balaban J connectivity index is 2.34. The second-order valence-electron chi connectivity index (χ2n) is 7.02. The monoisotopic (exact) mass is 403 g/mol. The summed E-state index contributed by atoms with van der Waals surface area (Å²) < 4.78 is 56.0. The molecule has 1 aliphatic heterocycles. The maximum Gasteiger partial charge on any atom is 0.184 e. The lowest BCUT2D eigenvalue weighted by atomic mass is 10.1. The minimum Gasteiger partial charge on any atom is -0.496 e. The summed E-state index contributed by atoms with van der Waals surface area (Å²) in [6.07, 6.45) is 2.98. The van der Waals surface area contributed by atoms with E-state index in [4.69, 9.17) is 4.74 Å². The first-order valence-corrected chi connectivity index (χ1v) is 12.3. The van der Waals surface area contributed by atoms with E-state index in [9.17, 15) is 16.8 Å². The Labute approximate surface area is 157 Å². The highest BCUT2D eigenvalue weighted by Gasteiger charge is 2.46. The van der Waals surface area contributed by atoms with Gasteiger partial charge in [-0.15, -0.1) is 0 Å². The van der Waals surface area contributed by atoms with Crippen molar-refractivity contribution in [2.45, 2.75) is 56.2 Å². The summed E-state index contributed by atoms with van der Waals surface area (Å²) in [6.45, 7) is 6.20. The van der Waals surface area contributed by atoms with E-state index in [-0.39, 0.29) is 16.4 Å². The van der Waals surface area contributed by atoms with Crippen molar-refractivity contribution >= 4 is 19.7 Å². The summed E-state index contributed by atoms with van der Waals surface area (Å²) >= 11 is 0. The molecule has 148 valence electrons. The van der Waals surface area contributed by atoms with Crippen LogP contribution in [0.2, 0.25) is 0 Å². The molecule has 1 aliphatic rings. The minimum absolute atomic E-state index is 0.128. The van der Waals surface area contributed by atoms with E-state index in [0.717, 1.165) is 19.3 Å². The molecule has 1 aromatic rings. The number of sulfone groups is 2. The van der Waals surface area contributed by atoms with Crippen molar-refractivity contribution in [3.05, 3.63) is 23.3 Å². The highest BCUT2D eigenvalue weighted by Crippen LogP contribution is 2.31. The van der Waals surface area contributed by atoms with E-state index in [1.165, 1.54) is 7.11 Å². The van der Waals surface area contributed by atoms with Crippen LogP contribution in [0.15, 0.2) is 17.0 Å². The number of unbranched alkanes of at least 4 members (excludes halogenated alkanes) is 2. The van der Waals surface area contributed by atoms with Crippen LogP contribution in [0.1, 0.15) is 37.3 Å². The van der Waals surface area contributed by atoms with Gasteiger partial charge in [0.1, 0.15) is 5.75 Å². The molecule has 1 N–H and O–H groups in total. The predicted molar refractivity (Wildman–Crippen MR) is 103 cm³/mol. The number of ether oxygens (including phenoxy) is 1. The molecule has 0 aromatic heterocycles. The normalized spacial score (nSPS) is 22.5. The van der Waals surface area contributed by atoms with Gasteiger partial charge >= 0.3 is 0 Å². The van der Waals surface area contributed by atoms with E-state index >= 15 is 0 Å². The molecular weight excluding hydrogens is 374 g/mol. The third-order valence-corrected chi connectivity index (χ3v) is 9.18. The van der Waals surface area contributed by atoms with Gasteiger partial charge in [-0.05, 0) is 50.1 Å². The highest BCUT2D eigenvalue weighted by molar-refractivity contribution is 7.96. The van der Waals surface area contributed by atoms with Gasteiger partial charge in [-0.25, -0.2) is 16.8 Å². The zero-order valence-electron chi connectivity index (χ0n) is 15.9. The van der Waals surface area contributed by atoms with Gasteiger partial charge in [-0.2, -0.15) is 0 Å². The Hall–Kier alpha value is -1.12. The lowest BCUT2D eigenvalue weighted by Crippen LogP contribution is -2.43. The first-order chi connectivity index (χ1) is 12.1. The standard InChI is InChI=1S/C18H29NO5S2/c1-5-6-7-8-19-15-11-25(20,21)12-18(15)26(22,23)17-10-13(2)16(24-4)9-14(17)3/h9-10,15,18-19H,5-8,11-12H2,1-4H3/t15-,18-/m0/s1. The molecule has 1 fully saturated rings. The largest absolute Gasteiger partial charge is 0.496 e. The first-order valence-electron chi connectivity index (χ1n) is 8.95. The van der Waals surface area contributed by atoms with Crippen LogP contribution in [-0.4, -0.2) is 53.3 Å². The maximum absolute atomic E-state index is 13.2. The third-order valence-electron chi connectivity index (χ3n) is 4.88. The fraction of sp³-hybridized carbons (Fsp3) is 0.667. The Morgan fingerprint density at radius 3 is 2.46 bits per heavy atom. The molecule has 26 heavy (non-hydrogen) atoms. The van der Waals surface area contributed by atoms with Crippen molar-refractivity contribution in [1.29, 1.82) is 0 Å². The van der Waals surface area contributed by atoms with Gasteiger partial charge in [0.25, 0.3) is 0 Å². The molecule has 0 aliphatic carbocycles. The molecule has 0 saturated carbocycles. The molecule has 0 bridgehead atoms. The lowest BCUT2D eigenvalue weighted by molar-refractivity contribution is 0.411. The fourth-order valence-electron chi connectivity index (χ4n) is 3.43. The zero-order valence-corrected chi connectivity index (χ0v) is 17.5. The molecule has 2 rings (SSSR count). The average molecular weight is 404 g/mol. The number of methoxy groups -OCH3 is 1. The summed E-state index contributed by atoms with van der Waals surface area (Å²) in [7, 11) is -5.62. The van der Waals surface area contributed by atoms with E-state index in [1.54, 1.807) is 26.0 Å². The molecule has 0 radical (unpaired) electrons. The van der Waals surface area contributed by atoms with Crippen molar-refractivity contribution in [3.8, 4) is 5.75 Å². The summed E-state index contributed by atoms with van der Waals surface area (Å²) in [5.41, 5.74) is 1.28. The van der Waals surface area contributed by atoms with Crippen LogP contribution in [0.3, 0.4) is 0 Å². The maximum atomic E-state index is 13.2. The average Bonchev–Trinajstić information content (AvgIpc) is 2.88. The Kier molecular flexibility index (Phi) is 6.74. The van der Waals surface area contributed by atoms with E-state index < -0.39 is 31.0 Å².